The fourth-order valence-corrected chi connectivity index (χ4v) is 3.36. The van der Waals surface area contributed by atoms with Crippen molar-refractivity contribution in [2.24, 2.45) is 0 Å². The maximum Gasteiger partial charge on any atom is 0.338 e. The second-order valence-electron chi connectivity index (χ2n) is 6.11. The number of esters is 1. The van der Waals surface area contributed by atoms with Gasteiger partial charge in [0.15, 0.2) is 0 Å². The van der Waals surface area contributed by atoms with Gasteiger partial charge >= 0.3 is 5.97 Å². The third kappa shape index (κ3) is 3.80. The molecule has 0 radical (unpaired) electrons. The molecule has 0 aromatic heterocycles. The first kappa shape index (κ1) is 15.8. The number of benzene rings is 2. The van der Waals surface area contributed by atoms with Crippen molar-refractivity contribution in [2.75, 3.05) is 20.2 Å². The normalized spacial score (nSPS) is 16.2. The van der Waals surface area contributed by atoms with E-state index in [0.717, 1.165) is 25.2 Å². The van der Waals surface area contributed by atoms with E-state index in [1.807, 2.05) is 24.3 Å². The summed E-state index contributed by atoms with van der Waals surface area (Å²) < 4.78 is 4.88. The molecule has 0 bridgehead atoms. The Morgan fingerprint density at radius 3 is 2.39 bits per heavy atom. The van der Waals surface area contributed by atoms with E-state index in [9.17, 15) is 4.79 Å². The molecule has 1 fully saturated rings. The lowest BCUT2D eigenvalue weighted by molar-refractivity contribution is 0.0598. The number of carbonyl (C=O) groups is 1. The summed E-state index contributed by atoms with van der Waals surface area (Å²) in [6, 6.07) is 18.5. The lowest BCUT2D eigenvalue weighted by Crippen LogP contribution is -2.33. The molecule has 0 unspecified atom stereocenters. The van der Waals surface area contributed by atoms with Crippen molar-refractivity contribution in [3.05, 3.63) is 71.3 Å². The summed E-state index contributed by atoms with van der Waals surface area (Å²) in [6.45, 7) is 2.94. The Bertz CT molecular complexity index is 646. The Morgan fingerprint density at radius 2 is 1.70 bits per heavy atom. The van der Waals surface area contributed by atoms with E-state index in [0.29, 0.717) is 11.5 Å². The smallest absolute Gasteiger partial charge is 0.338 e. The molecule has 23 heavy (non-hydrogen) atoms. The maximum absolute atomic E-state index is 11.9. The first-order valence-electron chi connectivity index (χ1n) is 8.21. The number of hydrogen-bond donors (Lipinski definition) is 0. The number of likely N-dealkylation sites (tertiary alicyclic amines) is 1. The Balaban J connectivity index is 1.62. The average molecular weight is 309 g/mol. The molecule has 2 aromatic carbocycles. The molecule has 3 nitrogen and oxygen atoms in total. The van der Waals surface area contributed by atoms with E-state index >= 15 is 0 Å². The van der Waals surface area contributed by atoms with Crippen LogP contribution in [0.4, 0.5) is 0 Å². The minimum Gasteiger partial charge on any atom is -0.465 e. The third-order valence-electron chi connectivity index (χ3n) is 4.68. The van der Waals surface area contributed by atoms with Gasteiger partial charge in [-0.25, -0.2) is 4.79 Å². The molecule has 0 atom stereocenters. The van der Waals surface area contributed by atoms with Gasteiger partial charge in [0, 0.05) is 6.54 Å². The van der Waals surface area contributed by atoms with Crippen molar-refractivity contribution in [1.82, 2.24) is 4.90 Å². The van der Waals surface area contributed by atoms with Gasteiger partial charge < -0.3 is 4.74 Å². The van der Waals surface area contributed by atoms with Gasteiger partial charge in [0.25, 0.3) is 0 Å². The fraction of sp³-hybridized carbons (Fsp3) is 0.350. The second kappa shape index (κ2) is 7.42. The molecule has 1 saturated heterocycles. The molecule has 0 spiro atoms. The summed E-state index contributed by atoms with van der Waals surface area (Å²) in [5, 5.41) is 0. The zero-order chi connectivity index (χ0) is 16.1. The topological polar surface area (TPSA) is 29.5 Å². The number of methoxy groups -OCH3 is 1. The van der Waals surface area contributed by atoms with E-state index in [1.165, 1.54) is 25.5 Å². The van der Waals surface area contributed by atoms with Crippen LogP contribution in [-0.2, 0) is 11.3 Å². The van der Waals surface area contributed by atoms with Gasteiger partial charge in [-0.2, -0.15) is 0 Å². The molecule has 0 saturated carbocycles. The van der Waals surface area contributed by atoms with Gasteiger partial charge in [-0.3, -0.25) is 4.90 Å². The van der Waals surface area contributed by atoms with E-state index in [4.69, 9.17) is 4.74 Å². The first-order chi connectivity index (χ1) is 11.3. The van der Waals surface area contributed by atoms with Gasteiger partial charge in [-0.05, 0) is 49.0 Å². The molecule has 3 rings (SSSR count). The highest BCUT2D eigenvalue weighted by Gasteiger charge is 2.21. The van der Waals surface area contributed by atoms with Crippen LogP contribution in [0, 0.1) is 0 Å². The molecule has 0 amide bonds. The zero-order valence-corrected chi connectivity index (χ0v) is 13.6. The van der Waals surface area contributed by atoms with Gasteiger partial charge in [-0.15, -0.1) is 0 Å². The van der Waals surface area contributed by atoms with E-state index in [-0.39, 0.29) is 5.97 Å². The minimum absolute atomic E-state index is 0.250. The van der Waals surface area contributed by atoms with Crippen molar-refractivity contribution >= 4 is 5.97 Å². The number of rotatable bonds is 4. The number of ether oxygens (including phenoxy) is 1. The molecule has 1 aliphatic rings. The zero-order valence-electron chi connectivity index (χ0n) is 13.6. The standard InChI is InChI=1S/C20H23NO2/c1-23-20(22)19-10-6-5-9-18(19)15-21-13-11-17(12-14-21)16-7-3-2-4-8-16/h2-10,17H,11-15H2,1H3. The molecular formula is C20H23NO2. The van der Waals surface area contributed by atoms with Crippen molar-refractivity contribution in [1.29, 1.82) is 0 Å². The Labute approximate surface area is 137 Å². The molecule has 0 aliphatic carbocycles. The van der Waals surface area contributed by atoms with Crippen molar-refractivity contribution in [3.8, 4) is 0 Å². The number of carbonyl (C=O) groups excluding carboxylic acids is 1. The van der Waals surface area contributed by atoms with Crippen LogP contribution in [0.2, 0.25) is 0 Å². The molecule has 2 aromatic rings. The average Bonchev–Trinajstić information content (AvgIpc) is 2.63. The van der Waals surface area contributed by atoms with E-state index < -0.39 is 0 Å². The quantitative estimate of drug-likeness (QED) is 0.803. The number of piperidine rings is 1. The van der Waals surface area contributed by atoms with E-state index in [2.05, 4.69) is 35.2 Å². The fourth-order valence-electron chi connectivity index (χ4n) is 3.36. The van der Waals surface area contributed by atoms with Crippen LogP contribution >= 0.6 is 0 Å². The van der Waals surface area contributed by atoms with Crippen molar-refractivity contribution in [2.45, 2.75) is 25.3 Å². The Morgan fingerprint density at radius 1 is 1.04 bits per heavy atom. The van der Waals surface area contributed by atoms with Gasteiger partial charge in [0.05, 0.1) is 12.7 Å². The third-order valence-corrected chi connectivity index (χ3v) is 4.68. The summed E-state index contributed by atoms with van der Waals surface area (Å²) >= 11 is 0. The van der Waals surface area contributed by atoms with Crippen LogP contribution in [0.5, 0.6) is 0 Å². The monoisotopic (exact) mass is 309 g/mol. The van der Waals surface area contributed by atoms with Gasteiger partial charge in [0.1, 0.15) is 0 Å². The van der Waals surface area contributed by atoms with Crippen molar-refractivity contribution in [3.63, 3.8) is 0 Å². The summed E-state index contributed by atoms with van der Waals surface area (Å²) in [5.74, 6) is 0.406. The van der Waals surface area contributed by atoms with Gasteiger partial charge in [-0.1, -0.05) is 48.5 Å². The highest BCUT2D eigenvalue weighted by molar-refractivity contribution is 5.90. The summed E-state index contributed by atoms with van der Waals surface area (Å²) in [5.41, 5.74) is 3.18. The molecular weight excluding hydrogens is 286 g/mol. The number of hydrogen-bond acceptors (Lipinski definition) is 3. The van der Waals surface area contributed by atoms with Gasteiger partial charge in [0.2, 0.25) is 0 Å². The Hall–Kier alpha value is -2.13. The predicted molar refractivity (Wildman–Crippen MR) is 91.5 cm³/mol. The lowest BCUT2D eigenvalue weighted by Gasteiger charge is -2.32. The van der Waals surface area contributed by atoms with Crippen molar-refractivity contribution < 1.29 is 9.53 Å². The highest BCUT2D eigenvalue weighted by Crippen LogP contribution is 2.28. The second-order valence-corrected chi connectivity index (χ2v) is 6.11. The molecule has 3 heteroatoms. The van der Waals surface area contributed by atoms with Crippen LogP contribution in [0.3, 0.4) is 0 Å². The van der Waals surface area contributed by atoms with Crippen LogP contribution < -0.4 is 0 Å². The minimum atomic E-state index is -0.250. The van der Waals surface area contributed by atoms with E-state index in [1.54, 1.807) is 0 Å². The number of nitrogens with zero attached hydrogens (tertiary/aromatic N) is 1. The highest BCUT2D eigenvalue weighted by atomic mass is 16.5. The van der Waals surface area contributed by atoms with Crippen LogP contribution in [0.15, 0.2) is 54.6 Å². The molecule has 120 valence electrons. The summed E-state index contributed by atoms with van der Waals surface area (Å²) in [6.07, 6.45) is 2.34. The molecule has 1 aliphatic heterocycles. The van der Waals surface area contributed by atoms with Crippen LogP contribution in [0.25, 0.3) is 0 Å². The maximum atomic E-state index is 11.9. The summed E-state index contributed by atoms with van der Waals surface area (Å²) in [7, 11) is 1.43. The first-order valence-corrected chi connectivity index (χ1v) is 8.21. The lowest BCUT2D eigenvalue weighted by atomic mass is 9.89. The predicted octanol–water partition coefficient (Wildman–Crippen LogP) is 3.85. The molecule has 0 N–H and O–H groups in total. The van der Waals surface area contributed by atoms with Crippen LogP contribution in [0.1, 0.15) is 40.2 Å². The largest absolute Gasteiger partial charge is 0.465 e. The SMILES string of the molecule is COC(=O)c1ccccc1CN1CCC(c2ccccc2)CC1. The Kier molecular flexibility index (Phi) is 5.09. The molecule has 1 heterocycles. The van der Waals surface area contributed by atoms with Crippen LogP contribution in [-0.4, -0.2) is 31.1 Å². The summed E-state index contributed by atoms with van der Waals surface area (Å²) in [4.78, 5) is 14.3.